The summed E-state index contributed by atoms with van der Waals surface area (Å²) in [6.45, 7) is 0. The van der Waals surface area contributed by atoms with E-state index in [4.69, 9.17) is 11.6 Å². The molecule has 0 heterocycles. The molecule has 0 N–H and O–H groups in total. The Kier molecular flexibility index (Phi) is 17.9. The molecule has 0 aromatic heterocycles. The van der Waals surface area contributed by atoms with Gasteiger partial charge in [0.25, 0.3) is 0 Å². The van der Waals surface area contributed by atoms with E-state index in [1.165, 1.54) is 0 Å². The molecule has 0 spiro atoms. The van der Waals surface area contributed by atoms with Gasteiger partial charge in [0.2, 0.25) is 0 Å². The van der Waals surface area contributed by atoms with Crippen molar-refractivity contribution >= 4 is 58.6 Å². The van der Waals surface area contributed by atoms with Gasteiger partial charge in [0.15, 0.2) is 0 Å². The van der Waals surface area contributed by atoms with Gasteiger partial charge in [0.1, 0.15) is 0 Å². The quantitative estimate of drug-likeness (QED) is 0.340. The van der Waals surface area contributed by atoms with Gasteiger partial charge < -0.3 is 12.4 Å². The average molecular weight is 299 g/mol. The van der Waals surface area contributed by atoms with Crippen LogP contribution in [-0.2, 0) is 0 Å². The van der Waals surface area contributed by atoms with Gasteiger partial charge in [-0.15, -0.1) is 35.6 Å². The monoisotopic (exact) mass is 298 g/mol. The van der Waals surface area contributed by atoms with Crippen LogP contribution in [0.25, 0.3) is 0 Å². The van der Waals surface area contributed by atoms with Crippen molar-refractivity contribution in [3.05, 3.63) is 35.4 Å². The molecule has 0 saturated carbocycles. The van der Waals surface area contributed by atoms with Crippen LogP contribution in [0.15, 0.2) is 24.3 Å². The zero-order chi connectivity index (χ0) is 5.11. The molecule has 0 bridgehead atoms. The van der Waals surface area contributed by atoms with E-state index in [-0.39, 0.29) is 59.4 Å². The molecule has 10 heavy (non-hydrogen) atoms. The Hall–Kier alpha value is 1.30. The number of hydrogen-bond acceptors (Lipinski definition) is 0. The van der Waals surface area contributed by atoms with Gasteiger partial charge in [-0.3, -0.25) is 0 Å². The van der Waals surface area contributed by atoms with E-state index in [0.717, 1.165) is 0 Å². The summed E-state index contributed by atoms with van der Waals surface area (Å²) in [5, 5.41) is 0.669. The van der Waals surface area contributed by atoms with Crippen LogP contribution in [0.1, 0.15) is 0 Å². The number of benzene rings is 1. The van der Waals surface area contributed by atoms with Crippen LogP contribution in [0.3, 0.4) is 0 Å². The molecule has 0 unspecified atom stereocenters. The smallest absolute Gasteiger partial charge is 1.00 e. The van der Waals surface area contributed by atoms with Gasteiger partial charge in [0, 0.05) is 0 Å². The fourth-order valence-electron chi connectivity index (χ4n) is 0.371. The molecular weight excluding hydrogens is 294 g/mol. The van der Waals surface area contributed by atoms with Crippen LogP contribution < -0.4 is 12.4 Å². The van der Waals surface area contributed by atoms with Crippen LogP contribution in [0, 0.1) is 6.07 Å². The predicted octanol–water partition coefficient (Wildman–Crippen LogP) is -0.619. The van der Waals surface area contributed by atoms with E-state index in [1.807, 2.05) is 12.1 Å². The van der Waals surface area contributed by atoms with Gasteiger partial charge in [-0.25, -0.2) is 0 Å². The van der Waals surface area contributed by atoms with Crippen LogP contribution >= 0.6 is 35.6 Å². The normalized spacial score (nSPS) is 6.10. The minimum atomic E-state index is 0. The van der Waals surface area contributed by atoms with E-state index in [0.29, 0.717) is 5.02 Å². The van der Waals surface area contributed by atoms with Crippen molar-refractivity contribution in [1.82, 2.24) is 0 Å². The maximum atomic E-state index is 5.48. The third kappa shape index (κ3) is 7.40. The largest absolute Gasteiger partial charge is 2.00 e. The van der Waals surface area contributed by atoms with Gasteiger partial charge in [-0.1, -0.05) is 5.02 Å². The van der Waals surface area contributed by atoms with Gasteiger partial charge >= 0.3 is 23.1 Å². The molecule has 0 fully saturated rings. The molecule has 0 aliphatic rings. The summed E-state index contributed by atoms with van der Waals surface area (Å²) in [6.07, 6.45) is 0. The fourth-order valence-corrected chi connectivity index (χ4v) is 0.507. The maximum absolute atomic E-state index is 5.48. The third-order valence-electron chi connectivity index (χ3n) is 0.671. The molecule has 0 nitrogen and oxygen atoms in total. The van der Waals surface area contributed by atoms with Crippen molar-refractivity contribution in [2.45, 2.75) is 0 Å². The van der Waals surface area contributed by atoms with Gasteiger partial charge in [-0.05, 0) is 0 Å². The molecule has 0 atom stereocenters. The van der Waals surface area contributed by atoms with Crippen molar-refractivity contribution < 1.29 is 12.4 Å². The second-order valence-electron chi connectivity index (χ2n) is 1.21. The second kappa shape index (κ2) is 10.3. The van der Waals surface area contributed by atoms with Crippen LogP contribution in [0.2, 0.25) is 5.02 Å². The molecule has 1 aromatic carbocycles. The van der Waals surface area contributed by atoms with Crippen molar-refractivity contribution in [1.29, 1.82) is 0 Å². The number of rotatable bonds is 0. The average Bonchev–Trinajstić information content (AvgIpc) is 1.69. The summed E-state index contributed by atoms with van der Waals surface area (Å²) in [4.78, 5) is 0. The Balaban J connectivity index is -0.000000163. The van der Waals surface area contributed by atoms with Crippen molar-refractivity contribution in [3.63, 3.8) is 0 Å². The molecule has 0 amide bonds. The zero-order valence-corrected chi connectivity index (χ0v) is 10.4. The van der Waals surface area contributed by atoms with E-state index in [1.54, 1.807) is 12.1 Å². The Labute approximate surface area is 105 Å². The van der Waals surface area contributed by atoms with E-state index >= 15 is 0 Å². The number of hydrogen-bond donors (Lipinski definition) is 0. The molecule has 1 aromatic rings. The minimum Gasteiger partial charge on any atom is -1.00 e. The zero-order valence-electron chi connectivity index (χ0n) is 5.18. The Morgan fingerprint density at radius 1 is 1.30 bits per heavy atom. The summed E-state index contributed by atoms with van der Waals surface area (Å²) in [5.41, 5.74) is 0. The summed E-state index contributed by atoms with van der Waals surface area (Å²) in [6, 6.07) is 10.1. The van der Waals surface area contributed by atoms with Crippen molar-refractivity contribution in [3.8, 4) is 0 Å². The molecule has 0 aliphatic carbocycles. The van der Waals surface area contributed by atoms with E-state index in [9.17, 15) is 0 Å². The summed E-state index contributed by atoms with van der Waals surface area (Å²) in [7, 11) is 0. The first-order chi connectivity index (χ1) is 3.39. The second-order valence-corrected chi connectivity index (χ2v) is 1.62. The third-order valence-corrected chi connectivity index (χ3v) is 0.906. The summed E-state index contributed by atoms with van der Waals surface area (Å²) in [5.74, 6) is 0. The van der Waals surface area contributed by atoms with Gasteiger partial charge in [-0.2, -0.15) is 30.3 Å². The molecule has 4 heteroatoms. The summed E-state index contributed by atoms with van der Waals surface area (Å²) >= 11 is 5.48. The summed E-state index contributed by atoms with van der Waals surface area (Å²) < 4.78 is 0. The van der Waals surface area contributed by atoms with Crippen molar-refractivity contribution in [2.24, 2.45) is 0 Å². The Morgan fingerprint density at radius 3 is 2.10 bits per heavy atom. The van der Waals surface area contributed by atoms with E-state index < -0.39 is 0 Å². The van der Waals surface area contributed by atoms with E-state index in [2.05, 4.69) is 6.07 Å². The molecule has 0 radical (unpaired) electrons. The number of halogens is 3. The first kappa shape index (κ1) is 17.4. The van der Waals surface area contributed by atoms with Crippen LogP contribution in [-0.4, -0.2) is 23.1 Å². The van der Waals surface area contributed by atoms with Gasteiger partial charge in [0.05, 0.1) is 0 Å². The standard InChI is InChI=1S/C6H4Cl.ClH.HI.Mg/c7-6-4-2-1-3-5-6;;;/h1-4H;2*1H;/q-1;;;+2/p-1. The van der Waals surface area contributed by atoms with Crippen LogP contribution in [0.5, 0.6) is 0 Å². The maximum Gasteiger partial charge on any atom is 2.00 e. The molecule has 52 valence electrons. The minimum absolute atomic E-state index is 0. The predicted molar refractivity (Wildman–Crippen MR) is 51.5 cm³/mol. The Morgan fingerprint density at radius 2 is 1.90 bits per heavy atom. The first-order valence-electron chi connectivity index (χ1n) is 2.02. The topological polar surface area (TPSA) is 0 Å². The first-order valence-corrected chi connectivity index (χ1v) is 2.39. The fraction of sp³-hybridized carbons (Fsp3) is 0. The van der Waals surface area contributed by atoms with Crippen molar-refractivity contribution in [2.75, 3.05) is 0 Å². The molecule has 1 rings (SSSR count). The Bertz CT molecular complexity index is 146. The molecular formula is C6H5Cl2IMg. The molecule has 0 saturated heterocycles. The SMILES string of the molecule is Clc1[c-]cccc1.I.[Cl-].[Mg+2]. The van der Waals surface area contributed by atoms with Crippen LogP contribution in [0.4, 0.5) is 0 Å². The molecule has 0 aliphatic heterocycles.